The third-order valence-electron chi connectivity index (χ3n) is 16.2. The Kier molecular flexibility index (Phi) is 9.93. The zero-order valence-electron chi connectivity index (χ0n) is 42.1. The van der Waals surface area contributed by atoms with E-state index in [4.69, 9.17) is 0 Å². The van der Waals surface area contributed by atoms with Crippen molar-refractivity contribution in [2.45, 2.75) is 36.0 Å². The Bertz CT molecular complexity index is 4340. The van der Waals surface area contributed by atoms with Crippen molar-refractivity contribution in [1.29, 1.82) is 0 Å². The molecule has 15 rings (SSSR count). The summed E-state index contributed by atoms with van der Waals surface area (Å²) in [5.74, 6) is 0. The number of benzene rings is 13. The molecule has 0 amide bonds. The fourth-order valence-electron chi connectivity index (χ4n) is 12.6. The molecule has 2 aliphatic rings. The summed E-state index contributed by atoms with van der Waals surface area (Å²) in [6.45, 7) is 7.08. The molecule has 0 radical (unpaired) electrons. The van der Waals surface area contributed by atoms with Crippen LogP contribution >= 0.6 is 11.8 Å². The van der Waals surface area contributed by atoms with Crippen molar-refractivity contribution in [3.05, 3.63) is 254 Å². The Balaban J connectivity index is 1.07. The molecule has 2 heterocycles. The van der Waals surface area contributed by atoms with Gasteiger partial charge in [-0.05, 0) is 158 Å². The molecule has 0 spiro atoms. The largest absolute Gasteiger partial charge is 0.310 e. The summed E-state index contributed by atoms with van der Waals surface area (Å²) < 4.78 is 0. The molecular weight excluding hydrogens is 922 g/mol. The van der Waals surface area contributed by atoms with Crippen LogP contribution in [0.1, 0.15) is 26.3 Å². The van der Waals surface area contributed by atoms with Crippen molar-refractivity contribution >= 4 is 95.0 Å². The molecule has 0 unspecified atom stereocenters. The molecule has 0 aliphatic carbocycles. The SMILES string of the molecule is CC(C)(C)c1cc2c3c(c1)N(c1c(-c4ccccc4)cc(-c4ccccc4)cc1-c1ccccc1)c1cc(-c4cc5cccc6c7cccc8cccc(c(c4)c56)c87)ccc1B3c1cc(-c3ccccc3)ccc1S2. The van der Waals surface area contributed by atoms with E-state index in [2.05, 4.69) is 274 Å². The maximum atomic E-state index is 2.69. The predicted molar refractivity (Wildman–Crippen MR) is 323 cm³/mol. The molecule has 0 saturated carbocycles. The van der Waals surface area contributed by atoms with Gasteiger partial charge in [-0.1, -0.05) is 238 Å². The summed E-state index contributed by atoms with van der Waals surface area (Å²) in [6.07, 6.45) is 0. The number of anilines is 3. The highest BCUT2D eigenvalue weighted by Crippen LogP contribution is 2.52. The molecule has 13 aromatic carbocycles. The molecule has 75 heavy (non-hydrogen) atoms. The average molecular weight is 972 g/mol. The van der Waals surface area contributed by atoms with Crippen LogP contribution in [0.3, 0.4) is 0 Å². The van der Waals surface area contributed by atoms with Crippen LogP contribution in [0, 0.1) is 0 Å². The minimum Gasteiger partial charge on any atom is -0.310 e. The van der Waals surface area contributed by atoms with Gasteiger partial charge in [-0.25, -0.2) is 0 Å². The van der Waals surface area contributed by atoms with Crippen molar-refractivity contribution < 1.29 is 0 Å². The summed E-state index contributed by atoms with van der Waals surface area (Å²) in [4.78, 5) is 5.33. The lowest BCUT2D eigenvalue weighted by Gasteiger charge is -2.43. The Hall–Kier alpha value is -8.63. The van der Waals surface area contributed by atoms with E-state index < -0.39 is 0 Å². The molecule has 0 aromatic heterocycles. The van der Waals surface area contributed by atoms with Gasteiger partial charge in [0.25, 0.3) is 0 Å². The lowest BCUT2D eigenvalue weighted by atomic mass is 9.34. The average Bonchev–Trinajstić information content (AvgIpc) is 3.50. The number of hydrogen-bond donors (Lipinski definition) is 0. The molecule has 0 atom stereocenters. The van der Waals surface area contributed by atoms with Crippen LogP contribution < -0.4 is 21.3 Å². The van der Waals surface area contributed by atoms with Gasteiger partial charge < -0.3 is 4.90 Å². The maximum absolute atomic E-state index is 2.69. The molecular formula is C72H50BNS. The van der Waals surface area contributed by atoms with Crippen LogP contribution in [0.2, 0.25) is 0 Å². The summed E-state index contributed by atoms with van der Waals surface area (Å²) in [5, 5.41) is 10.4. The zero-order chi connectivity index (χ0) is 49.9. The van der Waals surface area contributed by atoms with Gasteiger partial charge in [0.1, 0.15) is 0 Å². The molecule has 3 heteroatoms. The topological polar surface area (TPSA) is 3.24 Å². The van der Waals surface area contributed by atoms with Gasteiger partial charge in [0.2, 0.25) is 6.71 Å². The monoisotopic (exact) mass is 971 g/mol. The number of fused-ring (bicyclic) bond motifs is 6. The van der Waals surface area contributed by atoms with Crippen molar-refractivity contribution in [1.82, 2.24) is 0 Å². The van der Waals surface area contributed by atoms with Crippen LogP contribution in [0.4, 0.5) is 17.1 Å². The van der Waals surface area contributed by atoms with Crippen molar-refractivity contribution in [2.75, 3.05) is 4.90 Å². The van der Waals surface area contributed by atoms with E-state index in [0.29, 0.717) is 0 Å². The Morgan fingerprint density at radius 1 is 0.347 bits per heavy atom. The first-order valence-electron chi connectivity index (χ1n) is 26.3. The minimum atomic E-state index is -0.124. The summed E-state index contributed by atoms with van der Waals surface area (Å²) >= 11 is 1.93. The van der Waals surface area contributed by atoms with Crippen LogP contribution in [0.15, 0.2) is 259 Å². The Labute approximate surface area is 443 Å². The number of nitrogens with zero attached hydrogens (tertiary/aromatic N) is 1. The van der Waals surface area contributed by atoms with Gasteiger partial charge in [0.15, 0.2) is 0 Å². The maximum Gasteiger partial charge on any atom is 0.249 e. The number of hydrogen-bond acceptors (Lipinski definition) is 2. The van der Waals surface area contributed by atoms with E-state index in [9.17, 15) is 0 Å². The molecule has 1 nitrogen and oxygen atoms in total. The van der Waals surface area contributed by atoms with Crippen molar-refractivity contribution in [3.8, 4) is 55.6 Å². The molecule has 0 saturated heterocycles. The van der Waals surface area contributed by atoms with Gasteiger partial charge in [0, 0.05) is 32.3 Å². The van der Waals surface area contributed by atoms with Gasteiger partial charge >= 0.3 is 0 Å². The van der Waals surface area contributed by atoms with Crippen LogP contribution in [-0.4, -0.2) is 6.71 Å². The Morgan fingerprint density at radius 2 is 0.867 bits per heavy atom. The second kappa shape index (κ2) is 17.0. The smallest absolute Gasteiger partial charge is 0.249 e. The van der Waals surface area contributed by atoms with Crippen LogP contribution in [-0.2, 0) is 5.41 Å². The van der Waals surface area contributed by atoms with Gasteiger partial charge in [-0.2, -0.15) is 0 Å². The molecule has 0 fully saturated rings. The third kappa shape index (κ3) is 7.02. The quantitative estimate of drug-likeness (QED) is 0.0928. The highest BCUT2D eigenvalue weighted by molar-refractivity contribution is 8.00. The summed E-state index contributed by atoms with van der Waals surface area (Å²) in [7, 11) is 0. The molecule has 13 aromatic rings. The van der Waals surface area contributed by atoms with E-state index in [1.807, 2.05) is 11.8 Å². The van der Waals surface area contributed by atoms with Crippen LogP contribution in [0.5, 0.6) is 0 Å². The normalized spacial score (nSPS) is 12.9. The zero-order valence-corrected chi connectivity index (χ0v) is 42.9. The number of rotatable bonds is 6. The Morgan fingerprint density at radius 3 is 1.48 bits per heavy atom. The summed E-state index contributed by atoms with van der Waals surface area (Å²) in [5.41, 5.74) is 20.8. The third-order valence-corrected chi connectivity index (χ3v) is 17.3. The van der Waals surface area contributed by atoms with E-state index in [1.165, 1.54) is 148 Å². The second-order valence-electron chi connectivity index (χ2n) is 21.6. The lowest BCUT2D eigenvalue weighted by molar-refractivity contribution is 0.589. The predicted octanol–water partition coefficient (Wildman–Crippen LogP) is 18.1. The fourth-order valence-corrected chi connectivity index (χ4v) is 13.8. The van der Waals surface area contributed by atoms with Gasteiger partial charge in [-0.3, -0.25) is 0 Å². The van der Waals surface area contributed by atoms with Gasteiger partial charge in [-0.15, -0.1) is 0 Å². The van der Waals surface area contributed by atoms with E-state index >= 15 is 0 Å². The summed E-state index contributed by atoms with van der Waals surface area (Å²) in [6, 6.07) is 93.9. The van der Waals surface area contributed by atoms with Crippen LogP contribution in [0.25, 0.3) is 98.7 Å². The van der Waals surface area contributed by atoms with E-state index in [-0.39, 0.29) is 12.1 Å². The highest BCUT2D eigenvalue weighted by atomic mass is 32.2. The van der Waals surface area contributed by atoms with E-state index in [1.54, 1.807) is 0 Å². The first kappa shape index (κ1) is 43.9. The highest BCUT2D eigenvalue weighted by Gasteiger charge is 2.43. The fraction of sp³-hybridized carbons (Fsp3) is 0.0556. The molecule has 352 valence electrons. The van der Waals surface area contributed by atoms with Crippen molar-refractivity contribution in [3.63, 3.8) is 0 Å². The minimum absolute atomic E-state index is 0.0115. The molecule has 2 aliphatic heterocycles. The first-order chi connectivity index (χ1) is 36.8. The standard InChI is InChI=1S/C72H50BNS/c1-72(2,3)55-43-65-70-67(44-55)75-66-36-34-50(45-19-8-4-9-20-45)41-63(66)73(70)62-35-33-51(53-37-52-29-18-31-57-56-30-16-27-49-28-17-32-58(68(49)56)61(40-53)69(52)57)42-64(62)74(65)71-59(47-23-12-6-13-24-47)38-54(46-21-10-5-11-22-46)39-60(71)48-25-14-7-15-26-48/h4-44H,1-3H3. The van der Waals surface area contributed by atoms with E-state index in [0.717, 1.165) is 0 Å². The van der Waals surface area contributed by atoms with Gasteiger partial charge in [0.05, 0.1) is 5.69 Å². The lowest BCUT2D eigenvalue weighted by Crippen LogP contribution is -2.60. The molecule has 0 N–H and O–H groups in total. The second-order valence-corrected chi connectivity index (χ2v) is 22.7. The first-order valence-corrected chi connectivity index (χ1v) is 27.1. The van der Waals surface area contributed by atoms with Crippen molar-refractivity contribution in [2.24, 2.45) is 0 Å². The molecule has 0 bridgehead atoms.